The first-order valence-corrected chi connectivity index (χ1v) is 8.52. The molecule has 122 valence electrons. The van der Waals surface area contributed by atoms with Crippen LogP contribution >= 0.6 is 0 Å². The minimum Gasteiger partial charge on any atom is -0.465 e. The first-order chi connectivity index (χ1) is 10.8. The van der Waals surface area contributed by atoms with E-state index >= 15 is 0 Å². The first-order valence-electron chi connectivity index (χ1n) is 7.04. The molecular weight excluding hydrogens is 314 g/mol. The molecule has 0 fully saturated rings. The number of benzene rings is 2. The van der Waals surface area contributed by atoms with Crippen LogP contribution in [0.2, 0.25) is 0 Å². The Hall–Kier alpha value is -2.34. The van der Waals surface area contributed by atoms with Gasteiger partial charge in [0.1, 0.15) is 0 Å². The zero-order valence-electron chi connectivity index (χ0n) is 13.5. The highest BCUT2D eigenvalue weighted by molar-refractivity contribution is 7.92. The van der Waals surface area contributed by atoms with Crippen LogP contribution in [0.15, 0.2) is 41.3 Å². The second-order valence-corrected chi connectivity index (χ2v) is 6.99. The van der Waals surface area contributed by atoms with Crippen molar-refractivity contribution in [3.63, 3.8) is 0 Å². The van der Waals surface area contributed by atoms with Crippen molar-refractivity contribution < 1.29 is 17.9 Å². The normalized spacial score (nSPS) is 11.1. The van der Waals surface area contributed by atoms with Crippen LogP contribution in [0.4, 0.5) is 5.69 Å². The number of hydrogen-bond acceptors (Lipinski definition) is 4. The summed E-state index contributed by atoms with van der Waals surface area (Å²) in [6.45, 7) is 5.41. The molecule has 0 aliphatic heterocycles. The zero-order chi connectivity index (χ0) is 17.2. The second kappa shape index (κ2) is 6.42. The topological polar surface area (TPSA) is 72.5 Å². The van der Waals surface area contributed by atoms with Gasteiger partial charge in [-0.15, -0.1) is 0 Å². The van der Waals surface area contributed by atoms with Crippen LogP contribution in [-0.2, 0) is 14.8 Å². The standard InChI is InChI=1S/C17H19NO4S/c1-11-9-12(2)16(13(3)10-11)23(20,21)18-15-8-6-5-7-14(15)17(19)22-4/h5-10,18H,1-4H3. The van der Waals surface area contributed by atoms with Gasteiger partial charge >= 0.3 is 5.97 Å². The van der Waals surface area contributed by atoms with Crippen molar-refractivity contribution in [2.24, 2.45) is 0 Å². The number of sulfonamides is 1. The molecule has 23 heavy (non-hydrogen) atoms. The number of nitrogens with one attached hydrogen (secondary N) is 1. The highest BCUT2D eigenvalue weighted by Gasteiger charge is 2.22. The Morgan fingerprint density at radius 3 is 2.17 bits per heavy atom. The van der Waals surface area contributed by atoms with Crippen molar-refractivity contribution in [3.8, 4) is 0 Å². The van der Waals surface area contributed by atoms with Crippen LogP contribution < -0.4 is 4.72 Å². The Morgan fingerprint density at radius 1 is 1.04 bits per heavy atom. The van der Waals surface area contributed by atoms with Gasteiger partial charge in [0.05, 0.1) is 23.3 Å². The Balaban J connectivity index is 2.51. The molecule has 2 aromatic carbocycles. The summed E-state index contributed by atoms with van der Waals surface area (Å²) in [6.07, 6.45) is 0. The van der Waals surface area contributed by atoms with E-state index in [0.717, 1.165) is 5.56 Å². The largest absolute Gasteiger partial charge is 0.465 e. The van der Waals surface area contributed by atoms with Crippen LogP contribution in [0.5, 0.6) is 0 Å². The molecule has 0 aromatic heterocycles. The monoisotopic (exact) mass is 333 g/mol. The first kappa shape index (κ1) is 17.0. The number of aryl methyl sites for hydroxylation is 3. The molecule has 5 nitrogen and oxygen atoms in total. The van der Waals surface area contributed by atoms with E-state index in [4.69, 9.17) is 0 Å². The Bertz CT molecular complexity index is 834. The van der Waals surface area contributed by atoms with E-state index in [1.807, 2.05) is 19.1 Å². The van der Waals surface area contributed by atoms with Gasteiger partial charge in [-0.2, -0.15) is 0 Å². The van der Waals surface area contributed by atoms with E-state index in [1.165, 1.54) is 19.2 Å². The number of hydrogen-bond donors (Lipinski definition) is 1. The number of anilines is 1. The van der Waals surface area contributed by atoms with Gasteiger partial charge < -0.3 is 4.74 Å². The lowest BCUT2D eigenvalue weighted by Gasteiger charge is -2.15. The van der Waals surface area contributed by atoms with E-state index in [9.17, 15) is 13.2 Å². The second-order valence-electron chi connectivity index (χ2n) is 5.37. The van der Waals surface area contributed by atoms with Gasteiger partial charge in [-0.05, 0) is 44.0 Å². The summed E-state index contributed by atoms with van der Waals surface area (Å²) < 4.78 is 32.7. The van der Waals surface area contributed by atoms with Crippen LogP contribution in [0.3, 0.4) is 0 Å². The SMILES string of the molecule is COC(=O)c1ccccc1NS(=O)(=O)c1c(C)cc(C)cc1C. The summed E-state index contributed by atoms with van der Waals surface area (Å²) in [7, 11) is -2.56. The number of esters is 1. The van der Waals surface area contributed by atoms with Gasteiger partial charge in [-0.25, -0.2) is 13.2 Å². The highest BCUT2D eigenvalue weighted by Crippen LogP contribution is 2.26. The fourth-order valence-electron chi connectivity index (χ4n) is 2.65. The summed E-state index contributed by atoms with van der Waals surface area (Å²) in [5.41, 5.74) is 2.67. The maximum atomic E-state index is 12.8. The maximum Gasteiger partial charge on any atom is 0.339 e. The summed E-state index contributed by atoms with van der Waals surface area (Å²) in [4.78, 5) is 12.0. The quantitative estimate of drug-likeness (QED) is 0.872. The fourth-order valence-corrected chi connectivity index (χ4v) is 4.18. The van der Waals surface area contributed by atoms with E-state index in [2.05, 4.69) is 9.46 Å². The number of para-hydroxylation sites is 1. The summed E-state index contributed by atoms with van der Waals surface area (Å²) in [5.74, 6) is -0.597. The van der Waals surface area contributed by atoms with Crippen molar-refractivity contribution in [3.05, 3.63) is 58.7 Å². The van der Waals surface area contributed by atoms with Crippen molar-refractivity contribution in [1.29, 1.82) is 0 Å². The molecule has 0 saturated carbocycles. The van der Waals surface area contributed by atoms with Gasteiger partial charge in [0.2, 0.25) is 0 Å². The van der Waals surface area contributed by atoms with E-state index in [1.54, 1.807) is 26.0 Å². The van der Waals surface area contributed by atoms with Crippen molar-refractivity contribution in [1.82, 2.24) is 0 Å². The molecule has 1 N–H and O–H groups in total. The van der Waals surface area contributed by atoms with Crippen molar-refractivity contribution in [2.75, 3.05) is 11.8 Å². The van der Waals surface area contributed by atoms with Crippen molar-refractivity contribution >= 4 is 21.7 Å². The Morgan fingerprint density at radius 2 is 1.61 bits per heavy atom. The molecule has 0 aliphatic carbocycles. The number of rotatable bonds is 4. The maximum absolute atomic E-state index is 12.8. The van der Waals surface area contributed by atoms with Crippen LogP contribution in [0.1, 0.15) is 27.0 Å². The molecule has 0 unspecified atom stereocenters. The molecule has 2 aromatic rings. The van der Waals surface area contributed by atoms with Gasteiger partial charge in [-0.3, -0.25) is 4.72 Å². The number of ether oxygens (including phenoxy) is 1. The molecule has 0 radical (unpaired) electrons. The third-order valence-electron chi connectivity index (χ3n) is 3.45. The lowest BCUT2D eigenvalue weighted by atomic mass is 10.1. The molecule has 6 heteroatoms. The minimum absolute atomic E-state index is 0.168. The van der Waals surface area contributed by atoms with Gasteiger partial charge in [-0.1, -0.05) is 29.8 Å². The third kappa shape index (κ3) is 3.53. The molecular formula is C17H19NO4S. The molecule has 0 amide bonds. The molecule has 0 heterocycles. The molecule has 0 saturated heterocycles. The van der Waals surface area contributed by atoms with Crippen LogP contribution in [0, 0.1) is 20.8 Å². The minimum atomic E-state index is -3.81. The summed E-state index contributed by atoms with van der Waals surface area (Å²) in [5, 5.41) is 0. The third-order valence-corrected chi connectivity index (χ3v) is 5.12. The average molecular weight is 333 g/mol. The molecule has 0 atom stereocenters. The summed E-state index contributed by atoms with van der Waals surface area (Å²) in [6, 6.07) is 9.97. The number of carbonyl (C=O) groups excluding carboxylic acids is 1. The average Bonchev–Trinajstić information content (AvgIpc) is 2.45. The molecule has 0 spiro atoms. The fraction of sp³-hybridized carbons (Fsp3) is 0.235. The van der Waals surface area contributed by atoms with E-state index < -0.39 is 16.0 Å². The van der Waals surface area contributed by atoms with E-state index in [0.29, 0.717) is 11.1 Å². The van der Waals surface area contributed by atoms with Crippen LogP contribution in [0.25, 0.3) is 0 Å². The molecule has 2 rings (SSSR count). The van der Waals surface area contributed by atoms with Gasteiger partial charge in [0, 0.05) is 0 Å². The Labute approximate surface area is 136 Å². The predicted octanol–water partition coefficient (Wildman–Crippen LogP) is 3.20. The lowest BCUT2D eigenvalue weighted by Crippen LogP contribution is -2.18. The predicted molar refractivity (Wildman–Crippen MR) is 89.2 cm³/mol. The van der Waals surface area contributed by atoms with Crippen LogP contribution in [-0.4, -0.2) is 21.5 Å². The van der Waals surface area contributed by atoms with E-state index in [-0.39, 0.29) is 16.1 Å². The smallest absolute Gasteiger partial charge is 0.339 e. The van der Waals surface area contributed by atoms with Crippen molar-refractivity contribution in [2.45, 2.75) is 25.7 Å². The number of carbonyl (C=O) groups is 1. The molecule has 0 aliphatic rings. The highest BCUT2D eigenvalue weighted by atomic mass is 32.2. The van der Waals surface area contributed by atoms with Gasteiger partial charge in [0.25, 0.3) is 10.0 Å². The lowest BCUT2D eigenvalue weighted by molar-refractivity contribution is 0.0602. The Kier molecular flexibility index (Phi) is 4.75. The zero-order valence-corrected chi connectivity index (χ0v) is 14.3. The van der Waals surface area contributed by atoms with Gasteiger partial charge in [0.15, 0.2) is 0 Å². The molecule has 0 bridgehead atoms. The summed E-state index contributed by atoms with van der Waals surface area (Å²) >= 11 is 0. The number of methoxy groups -OCH3 is 1.